The maximum absolute atomic E-state index is 10.8. The Hall–Kier alpha value is -1.05. The van der Waals surface area contributed by atoms with Crippen LogP contribution in [0.3, 0.4) is 0 Å². The van der Waals surface area contributed by atoms with Crippen LogP contribution in [-0.4, -0.2) is 11.1 Å². The van der Waals surface area contributed by atoms with Crippen molar-refractivity contribution in [1.29, 1.82) is 0 Å². The van der Waals surface area contributed by atoms with Crippen LogP contribution in [-0.2, 0) is 4.79 Å². The van der Waals surface area contributed by atoms with Gasteiger partial charge in [-0.3, -0.25) is 0 Å². The Balaban J connectivity index is 4.35. The van der Waals surface area contributed by atoms with Crippen LogP contribution in [0.25, 0.3) is 0 Å². The molecule has 0 aromatic rings. The number of carboxylic acid groups (broad SMARTS) is 1. The molecule has 0 heterocycles. The highest BCUT2D eigenvalue weighted by Crippen LogP contribution is 2.14. The van der Waals surface area contributed by atoms with Crippen LogP contribution in [0.5, 0.6) is 0 Å². The highest BCUT2D eigenvalue weighted by molar-refractivity contribution is 5.87. The zero-order valence-electron chi connectivity index (χ0n) is 9.55. The summed E-state index contributed by atoms with van der Waals surface area (Å²) in [4.78, 5) is 10.8. The Morgan fingerprint density at radius 3 is 2.21 bits per heavy atom. The average molecular weight is 196 g/mol. The van der Waals surface area contributed by atoms with Crippen LogP contribution < -0.4 is 0 Å². The molecule has 0 aromatic carbocycles. The molecule has 0 fully saturated rings. The third-order valence-corrected chi connectivity index (χ3v) is 2.20. The molecule has 0 radical (unpaired) electrons. The molecule has 0 bridgehead atoms. The van der Waals surface area contributed by atoms with E-state index in [9.17, 15) is 4.79 Å². The average Bonchev–Trinajstić information content (AvgIpc) is 2.03. The molecule has 2 heteroatoms. The third-order valence-electron chi connectivity index (χ3n) is 2.20. The molecule has 0 atom stereocenters. The second-order valence-corrected chi connectivity index (χ2v) is 3.74. The van der Waals surface area contributed by atoms with E-state index in [0.29, 0.717) is 12.0 Å². The molecule has 0 spiro atoms. The van der Waals surface area contributed by atoms with Gasteiger partial charge < -0.3 is 5.11 Å². The van der Waals surface area contributed by atoms with E-state index in [0.717, 1.165) is 18.4 Å². The SMILES string of the molecule is CCC(C(=O)O)=C(C)CCC=C(C)C. The number of allylic oxidation sites excluding steroid dienone is 3. The van der Waals surface area contributed by atoms with E-state index in [1.165, 1.54) is 5.57 Å². The fourth-order valence-electron chi connectivity index (χ4n) is 1.36. The first kappa shape index (κ1) is 12.9. The summed E-state index contributed by atoms with van der Waals surface area (Å²) < 4.78 is 0. The smallest absolute Gasteiger partial charge is 0.331 e. The molecule has 0 saturated heterocycles. The third kappa shape index (κ3) is 4.85. The van der Waals surface area contributed by atoms with Gasteiger partial charge in [0.2, 0.25) is 0 Å². The molecule has 0 aromatic heterocycles. The van der Waals surface area contributed by atoms with Crippen LogP contribution in [0.4, 0.5) is 0 Å². The highest BCUT2D eigenvalue weighted by Gasteiger charge is 2.07. The van der Waals surface area contributed by atoms with Crippen molar-refractivity contribution in [1.82, 2.24) is 0 Å². The molecule has 2 nitrogen and oxygen atoms in total. The standard InChI is InChI=1S/C12H20O2/c1-5-11(12(13)14)10(4)8-6-7-9(2)3/h7H,5-6,8H2,1-4H3,(H,13,14). The van der Waals surface area contributed by atoms with Crippen molar-refractivity contribution in [3.63, 3.8) is 0 Å². The van der Waals surface area contributed by atoms with Gasteiger partial charge in [-0.15, -0.1) is 0 Å². The summed E-state index contributed by atoms with van der Waals surface area (Å²) in [5.41, 5.74) is 2.84. The van der Waals surface area contributed by atoms with Gasteiger partial charge in [0.05, 0.1) is 0 Å². The molecule has 1 N–H and O–H groups in total. The Morgan fingerprint density at radius 1 is 1.29 bits per heavy atom. The number of hydrogen-bond donors (Lipinski definition) is 1. The lowest BCUT2D eigenvalue weighted by atomic mass is 10.0. The molecule has 0 unspecified atom stereocenters. The zero-order valence-corrected chi connectivity index (χ0v) is 9.55. The van der Waals surface area contributed by atoms with Gasteiger partial charge in [-0.2, -0.15) is 0 Å². The van der Waals surface area contributed by atoms with Crippen molar-refractivity contribution in [3.05, 3.63) is 22.8 Å². The highest BCUT2D eigenvalue weighted by atomic mass is 16.4. The van der Waals surface area contributed by atoms with Gasteiger partial charge in [-0.1, -0.05) is 24.1 Å². The molecule has 14 heavy (non-hydrogen) atoms. The van der Waals surface area contributed by atoms with E-state index >= 15 is 0 Å². The minimum atomic E-state index is -0.776. The number of carboxylic acids is 1. The molecular weight excluding hydrogens is 176 g/mol. The van der Waals surface area contributed by atoms with Crippen molar-refractivity contribution in [2.45, 2.75) is 47.0 Å². The predicted octanol–water partition coefficient (Wildman–Crippen LogP) is 3.54. The molecule has 80 valence electrons. The molecule has 0 aliphatic rings. The van der Waals surface area contributed by atoms with Crippen LogP contribution >= 0.6 is 0 Å². The van der Waals surface area contributed by atoms with Gasteiger partial charge in [-0.25, -0.2) is 4.79 Å². The summed E-state index contributed by atoms with van der Waals surface area (Å²) in [5.74, 6) is -0.776. The molecule has 0 saturated carbocycles. The van der Waals surface area contributed by atoms with Gasteiger partial charge in [0.25, 0.3) is 0 Å². The first-order chi connectivity index (χ1) is 6.49. The lowest BCUT2D eigenvalue weighted by Gasteiger charge is -2.04. The Labute approximate surface area is 86.3 Å². The van der Waals surface area contributed by atoms with Crippen LogP contribution in [0.2, 0.25) is 0 Å². The lowest BCUT2D eigenvalue weighted by molar-refractivity contribution is -0.132. The van der Waals surface area contributed by atoms with Gasteiger partial charge in [0, 0.05) is 5.57 Å². The van der Waals surface area contributed by atoms with Crippen molar-refractivity contribution < 1.29 is 9.90 Å². The van der Waals surface area contributed by atoms with Crippen LogP contribution in [0.1, 0.15) is 47.0 Å². The fourth-order valence-corrected chi connectivity index (χ4v) is 1.36. The maximum atomic E-state index is 10.8. The van der Waals surface area contributed by atoms with Gasteiger partial charge >= 0.3 is 5.97 Å². The molecular formula is C12H20O2. The fraction of sp³-hybridized carbons (Fsp3) is 0.583. The normalized spacial score (nSPS) is 12.0. The molecule has 0 amide bonds. The molecule has 0 rings (SSSR count). The number of rotatable bonds is 5. The van der Waals surface area contributed by atoms with Crippen LogP contribution in [0, 0.1) is 0 Å². The van der Waals surface area contributed by atoms with Gasteiger partial charge in [0.1, 0.15) is 0 Å². The van der Waals surface area contributed by atoms with Gasteiger partial charge in [-0.05, 0) is 40.0 Å². The summed E-state index contributed by atoms with van der Waals surface area (Å²) in [6, 6.07) is 0. The Kier molecular flexibility index (Phi) is 5.93. The predicted molar refractivity (Wildman–Crippen MR) is 59.3 cm³/mol. The van der Waals surface area contributed by atoms with E-state index in [4.69, 9.17) is 5.11 Å². The molecule has 0 aliphatic heterocycles. The van der Waals surface area contributed by atoms with Crippen molar-refractivity contribution in [3.8, 4) is 0 Å². The second kappa shape index (κ2) is 6.41. The summed E-state index contributed by atoms with van der Waals surface area (Å²) in [6.45, 7) is 7.90. The quantitative estimate of drug-likeness (QED) is 0.539. The molecule has 0 aliphatic carbocycles. The summed E-state index contributed by atoms with van der Waals surface area (Å²) >= 11 is 0. The lowest BCUT2D eigenvalue weighted by Crippen LogP contribution is -2.02. The largest absolute Gasteiger partial charge is 0.478 e. The zero-order chi connectivity index (χ0) is 11.1. The topological polar surface area (TPSA) is 37.3 Å². The monoisotopic (exact) mass is 196 g/mol. The van der Waals surface area contributed by atoms with E-state index in [2.05, 4.69) is 19.9 Å². The number of carbonyl (C=O) groups is 1. The number of hydrogen-bond acceptors (Lipinski definition) is 1. The Morgan fingerprint density at radius 2 is 1.86 bits per heavy atom. The van der Waals surface area contributed by atoms with E-state index in [1.54, 1.807) is 0 Å². The van der Waals surface area contributed by atoms with Gasteiger partial charge in [0.15, 0.2) is 0 Å². The van der Waals surface area contributed by atoms with Crippen molar-refractivity contribution in [2.75, 3.05) is 0 Å². The first-order valence-electron chi connectivity index (χ1n) is 5.04. The minimum absolute atomic E-state index is 0.562. The maximum Gasteiger partial charge on any atom is 0.331 e. The minimum Gasteiger partial charge on any atom is -0.478 e. The Bertz CT molecular complexity index is 255. The van der Waals surface area contributed by atoms with Crippen molar-refractivity contribution >= 4 is 5.97 Å². The van der Waals surface area contributed by atoms with Crippen LogP contribution in [0.15, 0.2) is 22.8 Å². The number of aliphatic carboxylic acids is 1. The summed E-state index contributed by atoms with van der Waals surface area (Å²) in [7, 11) is 0. The second-order valence-electron chi connectivity index (χ2n) is 3.74. The first-order valence-corrected chi connectivity index (χ1v) is 5.04. The van der Waals surface area contributed by atoms with E-state index < -0.39 is 5.97 Å². The van der Waals surface area contributed by atoms with E-state index in [-0.39, 0.29) is 0 Å². The van der Waals surface area contributed by atoms with Crippen molar-refractivity contribution in [2.24, 2.45) is 0 Å². The summed E-state index contributed by atoms with van der Waals surface area (Å²) in [6.07, 6.45) is 4.53. The summed E-state index contributed by atoms with van der Waals surface area (Å²) in [5, 5.41) is 8.88. The van der Waals surface area contributed by atoms with E-state index in [1.807, 2.05) is 13.8 Å².